The zero-order valence-electron chi connectivity index (χ0n) is 12.6. The van der Waals surface area contributed by atoms with E-state index in [-0.39, 0.29) is 23.5 Å². The van der Waals surface area contributed by atoms with Crippen molar-refractivity contribution in [3.8, 4) is 5.75 Å². The normalized spacial score (nSPS) is 21.1. The lowest BCUT2D eigenvalue weighted by atomic mass is 10.1. The molecule has 4 nitrogen and oxygen atoms in total. The number of imide groups is 1. The van der Waals surface area contributed by atoms with Crippen LogP contribution < -0.4 is 4.74 Å². The first-order chi connectivity index (χ1) is 9.85. The van der Waals surface area contributed by atoms with Gasteiger partial charge in [-0.1, -0.05) is 6.07 Å². The summed E-state index contributed by atoms with van der Waals surface area (Å²) in [6, 6.07) is 5.78. The van der Waals surface area contributed by atoms with Gasteiger partial charge in [-0.15, -0.1) is 0 Å². The molecule has 3 rings (SSSR count). The van der Waals surface area contributed by atoms with Crippen molar-refractivity contribution in [2.75, 3.05) is 0 Å². The first kappa shape index (κ1) is 13.9. The van der Waals surface area contributed by atoms with E-state index in [1.54, 1.807) is 0 Å². The fourth-order valence-electron chi connectivity index (χ4n) is 2.98. The molecule has 0 spiro atoms. The molecule has 1 aliphatic heterocycles. The number of aryl methyl sites for hydroxylation is 1. The minimum absolute atomic E-state index is 0.140. The van der Waals surface area contributed by atoms with Crippen molar-refractivity contribution < 1.29 is 14.3 Å². The van der Waals surface area contributed by atoms with Crippen LogP contribution in [0.15, 0.2) is 30.4 Å². The molecular formula is C17H19NO3. The number of amides is 2. The van der Waals surface area contributed by atoms with E-state index in [1.165, 1.54) is 17.1 Å². The number of nitrogens with zero attached hydrogens (tertiary/aromatic N) is 1. The molecule has 1 aromatic carbocycles. The molecule has 21 heavy (non-hydrogen) atoms. The molecule has 0 saturated heterocycles. The van der Waals surface area contributed by atoms with E-state index in [0.717, 1.165) is 29.7 Å². The second kappa shape index (κ2) is 4.72. The molecule has 0 saturated carbocycles. The van der Waals surface area contributed by atoms with Crippen LogP contribution in [0.1, 0.15) is 44.4 Å². The molecule has 0 fully saturated rings. The third-order valence-corrected chi connectivity index (χ3v) is 3.74. The predicted octanol–water partition coefficient (Wildman–Crippen LogP) is 2.78. The van der Waals surface area contributed by atoms with Crippen molar-refractivity contribution in [2.24, 2.45) is 0 Å². The summed E-state index contributed by atoms with van der Waals surface area (Å²) in [5, 5.41) is 0. The molecule has 0 aromatic heterocycles. The molecule has 110 valence electrons. The van der Waals surface area contributed by atoms with Gasteiger partial charge < -0.3 is 4.74 Å². The number of ether oxygens (including phenoxy) is 1. The van der Waals surface area contributed by atoms with Crippen LogP contribution in [-0.4, -0.2) is 22.3 Å². The predicted molar refractivity (Wildman–Crippen MR) is 78.9 cm³/mol. The summed E-state index contributed by atoms with van der Waals surface area (Å²) >= 11 is 0. The number of hydrogen-bond donors (Lipinski definition) is 0. The van der Waals surface area contributed by atoms with Crippen molar-refractivity contribution in [2.45, 2.75) is 45.3 Å². The van der Waals surface area contributed by atoms with E-state index in [2.05, 4.69) is 0 Å². The van der Waals surface area contributed by atoms with Gasteiger partial charge in [0.2, 0.25) is 0 Å². The largest absolute Gasteiger partial charge is 0.488 e. The number of carbonyl (C=O) groups is 2. The molecule has 0 N–H and O–H groups in total. The Balaban J connectivity index is 1.87. The molecule has 0 radical (unpaired) electrons. The van der Waals surface area contributed by atoms with Crippen LogP contribution in [0.25, 0.3) is 0 Å². The first-order valence-electron chi connectivity index (χ1n) is 7.22. The summed E-state index contributed by atoms with van der Waals surface area (Å²) in [4.78, 5) is 25.0. The maximum Gasteiger partial charge on any atom is 0.254 e. The van der Waals surface area contributed by atoms with Gasteiger partial charge in [0.05, 0.1) is 6.04 Å². The Labute approximate surface area is 124 Å². The van der Waals surface area contributed by atoms with E-state index < -0.39 is 0 Å². The van der Waals surface area contributed by atoms with Crippen LogP contribution >= 0.6 is 0 Å². The molecule has 2 amide bonds. The fourth-order valence-corrected chi connectivity index (χ4v) is 2.98. The summed E-state index contributed by atoms with van der Waals surface area (Å²) in [6.45, 7) is 6.03. The van der Waals surface area contributed by atoms with Gasteiger partial charge in [-0.3, -0.25) is 14.5 Å². The molecule has 1 heterocycles. The Hall–Kier alpha value is -2.10. The highest BCUT2D eigenvalue weighted by atomic mass is 16.5. The van der Waals surface area contributed by atoms with Gasteiger partial charge >= 0.3 is 0 Å². The van der Waals surface area contributed by atoms with Crippen molar-refractivity contribution in [3.63, 3.8) is 0 Å². The van der Waals surface area contributed by atoms with Crippen molar-refractivity contribution >= 4 is 11.8 Å². The standard InChI is InChI=1S/C17H19NO3/c1-17(2,3)21-12-5-6-13-11(10-12)4-7-14(13)18-15(19)8-9-16(18)20/h5-6,8-10,14H,4,7H2,1-3H3/t14-/m0/s1. The number of fused-ring (bicyclic) bond motifs is 1. The highest BCUT2D eigenvalue weighted by Crippen LogP contribution is 2.39. The fraction of sp³-hybridized carbons (Fsp3) is 0.412. The quantitative estimate of drug-likeness (QED) is 0.785. The van der Waals surface area contributed by atoms with E-state index in [1.807, 2.05) is 39.0 Å². The Morgan fingerprint density at radius 2 is 1.81 bits per heavy atom. The Morgan fingerprint density at radius 1 is 1.14 bits per heavy atom. The van der Waals surface area contributed by atoms with Gasteiger partial charge in [-0.25, -0.2) is 0 Å². The number of benzene rings is 1. The van der Waals surface area contributed by atoms with Crippen LogP contribution in [0.4, 0.5) is 0 Å². The summed E-state index contributed by atoms with van der Waals surface area (Å²) < 4.78 is 5.87. The lowest BCUT2D eigenvalue weighted by molar-refractivity contribution is -0.139. The van der Waals surface area contributed by atoms with Crippen LogP contribution in [0.3, 0.4) is 0 Å². The van der Waals surface area contributed by atoms with Gasteiger partial charge in [0, 0.05) is 12.2 Å². The van der Waals surface area contributed by atoms with E-state index in [9.17, 15) is 9.59 Å². The highest BCUT2D eigenvalue weighted by molar-refractivity contribution is 6.13. The second-order valence-corrected chi connectivity index (χ2v) is 6.51. The van der Waals surface area contributed by atoms with Crippen LogP contribution in [-0.2, 0) is 16.0 Å². The average molecular weight is 285 g/mol. The van der Waals surface area contributed by atoms with E-state index in [0.29, 0.717) is 0 Å². The Kier molecular flexibility index (Phi) is 3.12. The van der Waals surface area contributed by atoms with Gasteiger partial charge in [-0.05, 0) is 56.9 Å². The molecule has 0 unspecified atom stereocenters. The van der Waals surface area contributed by atoms with E-state index in [4.69, 9.17) is 4.74 Å². The van der Waals surface area contributed by atoms with Crippen LogP contribution in [0.5, 0.6) is 5.75 Å². The molecule has 1 atom stereocenters. The highest BCUT2D eigenvalue weighted by Gasteiger charge is 2.36. The summed E-state index contributed by atoms with van der Waals surface area (Å²) in [5.41, 5.74) is 1.98. The molecule has 1 aliphatic carbocycles. The molecular weight excluding hydrogens is 266 g/mol. The minimum Gasteiger partial charge on any atom is -0.488 e. The van der Waals surface area contributed by atoms with Crippen LogP contribution in [0, 0.1) is 0 Å². The Morgan fingerprint density at radius 3 is 2.43 bits per heavy atom. The zero-order chi connectivity index (χ0) is 15.2. The van der Waals surface area contributed by atoms with Gasteiger partial charge in [0.15, 0.2) is 0 Å². The first-order valence-corrected chi connectivity index (χ1v) is 7.22. The van der Waals surface area contributed by atoms with E-state index >= 15 is 0 Å². The SMILES string of the molecule is CC(C)(C)Oc1ccc2c(c1)CC[C@@H]2N1C(=O)C=CC1=O. The maximum atomic E-state index is 11.8. The third-order valence-electron chi connectivity index (χ3n) is 3.74. The summed E-state index contributed by atoms with van der Waals surface area (Å²) in [7, 11) is 0. The zero-order valence-corrected chi connectivity index (χ0v) is 12.6. The summed E-state index contributed by atoms with van der Waals surface area (Å²) in [5.74, 6) is 0.403. The van der Waals surface area contributed by atoms with Gasteiger partial charge in [0.1, 0.15) is 11.4 Å². The lowest BCUT2D eigenvalue weighted by Crippen LogP contribution is -2.33. The Bertz CT molecular complexity index is 622. The molecule has 4 heteroatoms. The molecule has 0 bridgehead atoms. The maximum absolute atomic E-state index is 11.8. The minimum atomic E-state index is -0.239. The lowest BCUT2D eigenvalue weighted by Gasteiger charge is -2.24. The average Bonchev–Trinajstić information content (AvgIpc) is 2.91. The van der Waals surface area contributed by atoms with Gasteiger partial charge in [-0.2, -0.15) is 0 Å². The van der Waals surface area contributed by atoms with Crippen molar-refractivity contribution in [1.82, 2.24) is 4.90 Å². The van der Waals surface area contributed by atoms with Crippen molar-refractivity contribution in [3.05, 3.63) is 41.5 Å². The monoisotopic (exact) mass is 285 g/mol. The molecule has 1 aromatic rings. The topological polar surface area (TPSA) is 46.6 Å². The van der Waals surface area contributed by atoms with Crippen molar-refractivity contribution in [1.29, 1.82) is 0 Å². The number of hydrogen-bond acceptors (Lipinski definition) is 3. The number of carbonyl (C=O) groups excluding carboxylic acids is 2. The third kappa shape index (κ3) is 2.58. The number of rotatable bonds is 2. The molecule has 2 aliphatic rings. The second-order valence-electron chi connectivity index (χ2n) is 6.51. The smallest absolute Gasteiger partial charge is 0.254 e. The summed E-state index contributed by atoms with van der Waals surface area (Å²) in [6.07, 6.45) is 4.33. The van der Waals surface area contributed by atoms with Gasteiger partial charge in [0.25, 0.3) is 11.8 Å². The van der Waals surface area contributed by atoms with Crippen LogP contribution in [0.2, 0.25) is 0 Å².